The molecule has 0 aliphatic heterocycles. The molecule has 0 aliphatic rings. The minimum atomic E-state index is 0.0741. The minimum Gasteiger partial charge on any atom is -0.315 e. The molecule has 0 unspecified atom stereocenters. The van der Waals surface area contributed by atoms with Crippen LogP contribution in [0, 0.1) is 0 Å². The molecule has 1 rings (SSSR count). The van der Waals surface area contributed by atoms with E-state index in [1.807, 2.05) is 12.3 Å². The van der Waals surface area contributed by atoms with Gasteiger partial charge in [0.05, 0.1) is 0 Å². The van der Waals surface area contributed by atoms with Gasteiger partial charge in [0.1, 0.15) is 0 Å². The number of hydrogen-bond donors (Lipinski definition) is 1. The summed E-state index contributed by atoms with van der Waals surface area (Å²) in [6.45, 7) is 6.92. The zero-order valence-corrected chi connectivity index (χ0v) is 10.9. The van der Waals surface area contributed by atoms with Crippen LogP contribution >= 0.6 is 0 Å². The van der Waals surface area contributed by atoms with E-state index in [9.17, 15) is 4.79 Å². The molecule has 0 amide bonds. The number of aromatic nitrogens is 1. The van der Waals surface area contributed by atoms with E-state index < -0.39 is 0 Å². The molecule has 1 aromatic rings. The van der Waals surface area contributed by atoms with Gasteiger partial charge >= 0.3 is 0 Å². The fourth-order valence-corrected chi connectivity index (χ4v) is 1.61. The van der Waals surface area contributed by atoms with Crippen LogP contribution in [0.15, 0.2) is 29.2 Å². The second kappa shape index (κ2) is 8.03. The highest BCUT2D eigenvalue weighted by Crippen LogP contribution is 1.86. The zero-order chi connectivity index (χ0) is 12.5. The second-order valence-corrected chi connectivity index (χ2v) is 4.29. The first-order valence-electron chi connectivity index (χ1n) is 6.28. The van der Waals surface area contributed by atoms with Crippen LogP contribution in [-0.4, -0.2) is 42.7 Å². The molecule has 0 bridgehead atoms. The molecule has 4 heteroatoms. The van der Waals surface area contributed by atoms with Crippen molar-refractivity contribution >= 4 is 0 Å². The third-order valence-corrected chi connectivity index (χ3v) is 2.72. The Hall–Kier alpha value is -1.13. The smallest absolute Gasteiger partial charge is 0.250 e. The summed E-state index contributed by atoms with van der Waals surface area (Å²) in [6.07, 6.45) is 3.01. The van der Waals surface area contributed by atoms with E-state index >= 15 is 0 Å². The van der Waals surface area contributed by atoms with E-state index in [1.165, 1.54) is 6.42 Å². The van der Waals surface area contributed by atoms with E-state index in [2.05, 4.69) is 24.2 Å². The Morgan fingerprint density at radius 2 is 2.12 bits per heavy atom. The summed E-state index contributed by atoms with van der Waals surface area (Å²) in [5, 5.41) is 3.37. The molecule has 0 fully saturated rings. The fourth-order valence-electron chi connectivity index (χ4n) is 1.61. The lowest BCUT2D eigenvalue weighted by Crippen LogP contribution is -2.33. The third-order valence-electron chi connectivity index (χ3n) is 2.72. The molecule has 0 saturated carbocycles. The monoisotopic (exact) mass is 237 g/mol. The molecular weight excluding hydrogens is 214 g/mol. The van der Waals surface area contributed by atoms with Crippen LogP contribution in [0.1, 0.15) is 13.3 Å². The van der Waals surface area contributed by atoms with Crippen molar-refractivity contribution in [1.82, 2.24) is 14.8 Å². The first-order chi connectivity index (χ1) is 8.24. The Labute approximate surface area is 103 Å². The van der Waals surface area contributed by atoms with Gasteiger partial charge in [-0.05, 0) is 26.1 Å². The molecule has 4 nitrogen and oxygen atoms in total. The average Bonchev–Trinajstić information content (AvgIpc) is 2.34. The zero-order valence-electron chi connectivity index (χ0n) is 10.9. The predicted octanol–water partition coefficient (Wildman–Crippen LogP) is 0.780. The van der Waals surface area contributed by atoms with Gasteiger partial charge in [0, 0.05) is 38.4 Å². The third kappa shape index (κ3) is 5.65. The highest BCUT2D eigenvalue weighted by atomic mass is 16.1. The Bertz CT molecular complexity index is 362. The summed E-state index contributed by atoms with van der Waals surface area (Å²) < 4.78 is 1.75. The quantitative estimate of drug-likeness (QED) is 0.679. The molecule has 0 spiro atoms. The van der Waals surface area contributed by atoms with E-state index in [0.717, 1.165) is 32.7 Å². The second-order valence-electron chi connectivity index (χ2n) is 4.29. The van der Waals surface area contributed by atoms with Gasteiger partial charge in [0.25, 0.3) is 5.56 Å². The van der Waals surface area contributed by atoms with Gasteiger partial charge < -0.3 is 14.8 Å². The number of hydrogen-bond acceptors (Lipinski definition) is 3. The summed E-state index contributed by atoms with van der Waals surface area (Å²) in [4.78, 5) is 13.7. The van der Waals surface area contributed by atoms with Crippen LogP contribution in [-0.2, 0) is 6.54 Å². The van der Waals surface area contributed by atoms with Crippen LogP contribution in [0.5, 0.6) is 0 Å². The molecule has 1 heterocycles. The van der Waals surface area contributed by atoms with Gasteiger partial charge in [-0.15, -0.1) is 0 Å². The van der Waals surface area contributed by atoms with Crippen LogP contribution in [0.4, 0.5) is 0 Å². The topological polar surface area (TPSA) is 37.3 Å². The highest BCUT2D eigenvalue weighted by molar-refractivity contribution is 4.93. The fraction of sp³-hybridized carbons (Fsp3) is 0.615. The Morgan fingerprint density at radius 1 is 1.29 bits per heavy atom. The normalized spacial score (nSPS) is 11.0. The number of nitrogens with one attached hydrogen (secondary N) is 1. The van der Waals surface area contributed by atoms with Crippen LogP contribution in [0.3, 0.4) is 0 Å². The van der Waals surface area contributed by atoms with Gasteiger partial charge in [-0.2, -0.15) is 0 Å². The maximum atomic E-state index is 11.5. The molecule has 0 atom stereocenters. The van der Waals surface area contributed by atoms with Gasteiger partial charge in [-0.3, -0.25) is 4.79 Å². The number of pyridine rings is 1. The van der Waals surface area contributed by atoms with Gasteiger partial charge in [-0.25, -0.2) is 0 Å². The first-order valence-corrected chi connectivity index (χ1v) is 6.28. The number of likely N-dealkylation sites (N-methyl/N-ethyl adjacent to an activating group) is 1. The van der Waals surface area contributed by atoms with E-state index in [1.54, 1.807) is 16.7 Å². The molecule has 0 aromatic carbocycles. The average molecular weight is 237 g/mol. The number of nitrogens with zero attached hydrogens (tertiary/aromatic N) is 2. The standard InChI is InChI=1S/C13H23N3O/c1-3-7-14-8-10-15(2)11-12-16-9-5-4-6-13(16)17/h4-6,9,14H,3,7-8,10-12H2,1-2H3. The van der Waals surface area contributed by atoms with Crippen molar-refractivity contribution in [3.63, 3.8) is 0 Å². The summed E-state index contributed by atoms with van der Waals surface area (Å²) in [7, 11) is 2.08. The Balaban J connectivity index is 2.22. The van der Waals surface area contributed by atoms with Gasteiger partial charge in [0.2, 0.25) is 0 Å². The van der Waals surface area contributed by atoms with Crippen molar-refractivity contribution in [3.8, 4) is 0 Å². The maximum Gasteiger partial charge on any atom is 0.250 e. The highest BCUT2D eigenvalue weighted by Gasteiger charge is 1.99. The molecule has 0 aliphatic carbocycles. The largest absolute Gasteiger partial charge is 0.315 e. The summed E-state index contributed by atoms with van der Waals surface area (Å²) >= 11 is 0. The van der Waals surface area contributed by atoms with Crippen molar-refractivity contribution in [2.75, 3.05) is 33.2 Å². The first kappa shape index (κ1) is 13.9. The summed E-state index contributed by atoms with van der Waals surface area (Å²) in [5.41, 5.74) is 0.0741. The molecule has 0 radical (unpaired) electrons. The predicted molar refractivity (Wildman–Crippen MR) is 71.4 cm³/mol. The summed E-state index contributed by atoms with van der Waals surface area (Å²) in [5.74, 6) is 0. The Morgan fingerprint density at radius 3 is 2.82 bits per heavy atom. The number of rotatable bonds is 8. The molecule has 1 aromatic heterocycles. The van der Waals surface area contributed by atoms with Crippen LogP contribution in [0.25, 0.3) is 0 Å². The molecule has 96 valence electrons. The molecule has 1 N–H and O–H groups in total. The van der Waals surface area contributed by atoms with Crippen molar-refractivity contribution < 1.29 is 0 Å². The molecular formula is C13H23N3O. The minimum absolute atomic E-state index is 0.0741. The van der Waals surface area contributed by atoms with E-state index in [0.29, 0.717) is 0 Å². The van der Waals surface area contributed by atoms with Crippen molar-refractivity contribution in [1.29, 1.82) is 0 Å². The van der Waals surface area contributed by atoms with Gasteiger partial charge in [0.15, 0.2) is 0 Å². The SMILES string of the molecule is CCCNCCN(C)CCn1ccccc1=O. The van der Waals surface area contributed by atoms with E-state index in [-0.39, 0.29) is 5.56 Å². The van der Waals surface area contributed by atoms with Crippen LogP contribution < -0.4 is 10.9 Å². The molecule has 17 heavy (non-hydrogen) atoms. The van der Waals surface area contributed by atoms with Gasteiger partial charge in [-0.1, -0.05) is 13.0 Å². The van der Waals surface area contributed by atoms with Crippen molar-refractivity contribution in [2.45, 2.75) is 19.9 Å². The Kier molecular flexibility index (Phi) is 6.58. The van der Waals surface area contributed by atoms with Crippen molar-refractivity contribution in [2.24, 2.45) is 0 Å². The lowest BCUT2D eigenvalue weighted by Gasteiger charge is -2.17. The van der Waals surface area contributed by atoms with E-state index in [4.69, 9.17) is 0 Å². The lowest BCUT2D eigenvalue weighted by molar-refractivity contribution is 0.315. The molecule has 0 saturated heterocycles. The lowest BCUT2D eigenvalue weighted by atomic mass is 10.4. The summed E-state index contributed by atoms with van der Waals surface area (Å²) in [6, 6.07) is 5.27. The van der Waals surface area contributed by atoms with Crippen LogP contribution in [0.2, 0.25) is 0 Å². The maximum absolute atomic E-state index is 11.5. The van der Waals surface area contributed by atoms with Crippen molar-refractivity contribution in [3.05, 3.63) is 34.7 Å².